The van der Waals surface area contributed by atoms with E-state index in [4.69, 9.17) is 0 Å². The zero-order valence-corrected chi connectivity index (χ0v) is 11.4. The maximum absolute atomic E-state index is 13.1. The highest BCUT2D eigenvalue weighted by Crippen LogP contribution is 2.36. The van der Waals surface area contributed by atoms with Gasteiger partial charge in [0.1, 0.15) is 11.9 Å². The summed E-state index contributed by atoms with van der Waals surface area (Å²) in [5, 5.41) is 0. The van der Waals surface area contributed by atoms with Crippen molar-refractivity contribution in [3.8, 4) is 11.4 Å². The summed E-state index contributed by atoms with van der Waals surface area (Å²) in [5.74, 6) is -0.487. The van der Waals surface area contributed by atoms with Crippen LogP contribution in [0.3, 0.4) is 0 Å². The third-order valence-electron chi connectivity index (χ3n) is 3.10. The lowest BCUT2D eigenvalue weighted by molar-refractivity contribution is -0.144. The van der Waals surface area contributed by atoms with Crippen LogP contribution in [0.25, 0.3) is 11.4 Å². The second-order valence-corrected chi connectivity index (χ2v) is 4.40. The average molecular weight is 298 g/mol. The van der Waals surface area contributed by atoms with Gasteiger partial charge in [0.25, 0.3) is 0 Å². The molecule has 4 nitrogen and oxygen atoms in total. The van der Waals surface area contributed by atoms with E-state index in [1.165, 1.54) is 49.2 Å². The third-order valence-corrected chi connectivity index (χ3v) is 3.10. The standard InChI is InChI=1S/C14H13F3N2O2/c1-9(13(20)21-2)19-8-7-18-12(19)10-5-3-4-6-11(10)14(15,16)17/h3-9H,1-2H3. The summed E-state index contributed by atoms with van der Waals surface area (Å²) in [6, 6.07) is 4.34. The van der Waals surface area contributed by atoms with Gasteiger partial charge in [0.2, 0.25) is 0 Å². The first-order chi connectivity index (χ1) is 9.86. The molecule has 7 heteroatoms. The first-order valence-corrected chi connectivity index (χ1v) is 6.13. The number of alkyl halides is 3. The van der Waals surface area contributed by atoms with Crippen LogP contribution in [-0.2, 0) is 15.7 Å². The van der Waals surface area contributed by atoms with Crippen LogP contribution >= 0.6 is 0 Å². The van der Waals surface area contributed by atoms with E-state index in [0.29, 0.717) is 0 Å². The number of benzene rings is 1. The maximum Gasteiger partial charge on any atom is 0.417 e. The molecule has 21 heavy (non-hydrogen) atoms. The topological polar surface area (TPSA) is 44.1 Å². The minimum atomic E-state index is -4.50. The normalized spacial score (nSPS) is 13.0. The SMILES string of the molecule is COC(=O)C(C)n1ccnc1-c1ccccc1C(F)(F)F. The van der Waals surface area contributed by atoms with E-state index in [9.17, 15) is 18.0 Å². The molecule has 0 aliphatic rings. The molecular formula is C14H13F3N2O2. The Kier molecular flexibility index (Phi) is 4.02. The van der Waals surface area contributed by atoms with Gasteiger partial charge >= 0.3 is 12.1 Å². The van der Waals surface area contributed by atoms with Gasteiger partial charge in [-0.3, -0.25) is 0 Å². The summed E-state index contributed by atoms with van der Waals surface area (Å²) in [6.45, 7) is 1.53. The highest BCUT2D eigenvalue weighted by Gasteiger charge is 2.34. The minimum Gasteiger partial charge on any atom is -0.467 e. The lowest BCUT2D eigenvalue weighted by Gasteiger charge is -2.17. The van der Waals surface area contributed by atoms with Crippen molar-refractivity contribution >= 4 is 5.97 Å². The number of imidazole rings is 1. The third kappa shape index (κ3) is 2.91. The first kappa shape index (κ1) is 15.1. The van der Waals surface area contributed by atoms with E-state index >= 15 is 0 Å². The molecule has 0 aliphatic heterocycles. The van der Waals surface area contributed by atoms with E-state index in [0.717, 1.165) is 6.07 Å². The summed E-state index contributed by atoms with van der Waals surface area (Å²) in [7, 11) is 1.22. The molecule has 0 radical (unpaired) electrons. The van der Waals surface area contributed by atoms with Gasteiger partial charge in [-0.1, -0.05) is 18.2 Å². The van der Waals surface area contributed by atoms with E-state index in [-0.39, 0.29) is 11.4 Å². The van der Waals surface area contributed by atoms with Crippen LogP contribution in [0.4, 0.5) is 13.2 Å². The Morgan fingerprint density at radius 2 is 2.00 bits per heavy atom. The molecule has 0 fully saturated rings. The number of aromatic nitrogens is 2. The van der Waals surface area contributed by atoms with Crippen molar-refractivity contribution < 1.29 is 22.7 Å². The molecule has 0 N–H and O–H groups in total. The number of methoxy groups -OCH3 is 1. The van der Waals surface area contributed by atoms with E-state index in [1.54, 1.807) is 0 Å². The van der Waals surface area contributed by atoms with Gasteiger partial charge in [0.05, 0.1) is 12.7 Å². The van der Waals surface area contributed by atoms with Gasteiger partial charge in [-0.05, 0) is 13.0 Å². The highest BCUT2D eigenvalue weighted by molar-refractivity contribution is 5.75. The number of carbonyl (C=O) groups excluding carboxylic acids is 1. The van der Waals surface area contributed by atoms with Crippen molar-refractivity contribution in [3.05, 3.63) is 42.2 Å². The Bertz CT molecular complexity index is 650. The molecule has 0 saturated carbocycles. The number of hydrogen-bond donors (Lipinski definition) is 0. The van der Waals surface area contributed by atoms with Crippen LogP contribution in [0.2, 0.25) is 0 Å². The summed E-state index contributed by atoms with van der Waals surface area (Å²) < 4.78 is 45.2. The lowest BCUT2D eigenvalue weighted by Crippen LogP contribution is -2.19. The monoisotopic (exact) mass is 298 g/mol. The molecule has 0 aliphatic carbocycles. The van der Waals surface area contributed by atoms with Crippen LogP contribution in [0.15, 0.2) is 36.7 Å². The van der Waals surface area contributed by atoms with Crippen LogP contribution < -0.4 is 0 Å². The summed E-state index contributed by atoms with van der Waals surface area (Å²) in [6.07, 6.45) is -1.70. The van der Waals surface area contributed by atoms with Crippen molar-refractivity contribution in [2.45, 2.75) is 19.1 Å². The van der Waals surface area contributed by atoms with Gasteiger partial charge in [-0.15, -0.1) is 0 Å². The van der Waals surface area contributed by atoms with Gasteiger partial charge in [-0.25, -0.2) is 9.78 Å². The van der Waals surface area contributed by atoms with E-state index in [1.807, 2.05) is 0 Å². The molecule has 1 heterocycles. The highest BCUT2D eigenvalue weighted by atomic mass is 19.4. The number of carbonyl (C=O) groups is 1. The Hall–Kier alpha value is -2.31. The zero-order valence-electron chi connectivity index (χ0n) is 11.4. The predicted molar refractivity (Wildman–Crippen MR) is 69.4 cm³/mol. The molecule has 0 spiro atoms. The lowest BCUT2D eigenvalue weighted by atomic mass is 10.1. The molecule has 2 rings (SSSR count). The maximum atomic E-state index is 13.1. The van der Waals surface area contributed by atoms with Gasteiger partial charge < -0.3 is 9.30 Å². The molecule has 0 amide bonds. The molecule has 1 aromatic carbocycles. The summed E-state index contributed by atoms with van der Waals surface area (Å²) in [5.41, 5.74) is -0.875. The second-order valence-electron chi connectivity index (χ2n) is 4.40. The van der Waals surface area contributed by atoms with Gasteiger partial charge in [0.15, 0.2) is 0 Å². The molecule has 2 aromatic rings. The molecular weight excluding hydrogens is 285 g/mol. The summed E-state index contributed by atoms with van der Waals surface area (Å²) in [4.78, 5) is 15.5. The van der Waals surface area contributed by atoms with Crippen LogP contribution in [0, 0.1) is 0 Å². The number of nitrogens with zero attached hydrogens (tertiary/aromatic N) is 2. The second kappa shape index (κ2) is 5.59. The van der Waals surface area contributed by atoms with Gasteiger partial charge in [-0.2, -0.15) is 13.2 Å². The number of halogens is 3. The number of ether oxygens (including phenoxy) is 1. The Morgan fingerprint density at radius 3 is 2.62 bits per heavy atom. The van der Waals surface area contributed by atoms with Crippen molar-refractivity contribution in [3.63, 3.8) is 0 Å². The molecule has 1 unspecified atom stereocenters. The Balaban J connectivity index is 2.55. The zero-order chi connectivity index (χ0) is 15.6. The Morgan fingerprint density at radius 1 is 1.33 bits per heavy atom. The molecule has 0 bridgehead atoms. The quantitative estimate of drug-likeness (QED) is 0.817. The molecule has 0 saturated heterocycles. The molecule has 112 valence electrons. The van der Waals surface area contributed by atoms with E-state index < -0.39 is 23.8 Å². The number of hydrogen-bond acceptors (Lipinski definition) is 3. The molecule has 1 aromatic heterocycles. The fourth-order valence-electron chi connectivity index (χ4n) is 2.04. The average Bonchev–Trinajstić information content (AvgIpc) is 2.94. The van der Waals surface area contributed by atoms with Crippen LogP contribution in [0.1, 0.15) is 18.5 Å². The largest absolute Gasteiger partial charge is 0.467 e. The first-order valence-electron chi connectivity index (χ1n) is 6.13. The van der Waals surface area contributed by atoms with Crippen LogP contribution in [0.5, 0.6) is 0 Å². The van der Waals surface area contributed by atoms with Crippen molar-refractivity contribution in [1.29, 1.82) is 0 Å². The van der Waals surface area contributed by atoms with Crippen molar-refractivity contribution in [2.75, 3.05) is 7.11 Å². The van der Waals surface area contributed by atoms with Gasteiger partial charge in [0, 0.05) is 18.0 Å². The number of rotatable bonds is 3. The number of esters is 1. The molecule has 1 atom stereocenters. The van der Waals surface area contributed by atoms with E-state index in [2.05, 4.69) is 9.72 Å². The van der Waals surface area contributed by atoms with Crippen molar-refractivity contribution in [2.24, 2.45) is 0 Å². The van der Waals surface area contributed by atoms with Crippen molar-refractivity contribution in [1.82, 2.24) is 9.55 Å². The fraction of sp³-hybridized carbons (Fsp3) is 0.286. The fourth-order valence-corrected chi connectivity index (χ4v) is 2.04. The van der Waals surface area contributed by atoms with Crippen LogP contribution in [-0.4, -0.2) is 22.6 Å². The minimum absolute atomic E-state index is 0.0702. The Labute approximate surface area is 119 Å². The predicted octanol–water partition coefficient (Wildman–Crippen LogP) is 3.30. The summed E-state index contributed by atoms with van der Waals surface area (Å²) >= 11 is 0. The smallest absolute Gasteiger partial charge is 0.417 e.